The van der Waals surface area contributed by atoms with Crippen molar-refractivity contribution in [3.63, 3.8) is 0 Å². The Morgan fingerprint density at radius 1 is 0.659 bits per heavy atom. The van der Waals surface area contributed by atoms with E-state index >= 15 is 0 Å². The number of sulfonamides is 1. The smallest absolute Gasteiger partial charge is 0.289 e. The summed E-state index contributed by atoms with van der Waals surface area (Å²) in [6, 6.07) is 4.73. The van der Waals surface area contributed by atoms with Gasteiger partial charge in [0.25, 0.3) is 15.9 Å². The van der Waals surface area contributed by atoms with Crippen molar-refractivity contribution in [3.05, 3.63) is 35.9 Å². The van der Waals surface area contributed by atoms with Crippen LogP contribution in [0.4, 0.5) is 74.6 Å². The van der Waals surface area contributed by atoms with Crippen molar-refractivity contribution in [2.75, 3.05) is 6.54 Å². The lowest BCUT2D eigenvalue weighted by Gasteiger charge is -2.43. The van der Waals surface area contributed by atoms with Crippen molar-refractivity contribution in [3.8, 4) is 0 Å². The Hall–Kier alpha value is -2.63. The van der Waals surface area contributed by atoms with Gasteiger partial charge < -0.3 is 0 Å². The first kappa shape index (κ1) is 36.4. The van der Waals surface area contributed by atoms with E-state index < -0.39 is 85.9 Å². The Balaban J connectivity index is 3.81. The summed E-state index contributed by atoms with van der Waals surface area (Å²) in [4.78, 5) is 11.3. The molecule has 0 saturated heterocycles. The Labute approximate surface area is 215 Å². The number of carbonyl (C=O) groups is 1. The molecule has 0 aliphatic heterocycles. The highest BCUT2D eigenvalue weighted by Gasteiger charge is 2.96. The van der Waals surface area contributed by atoms with Crippen molar-refractivity contribution in [2.45, 2.75) is 53.5 Å². The van der Waals surface area contributed by atoms with Crippen molar-refractivity contribution in [2.24, 2.45) is 0 Å². The molecule has 0 aromatic heterocycles. The first-order valence-electron chi connectivity index (χ1n) is 9.61. The average Bonchev–Trinajstić information content (AvgIpc) is 2.82. The standard InChI is InChI=1S/C17H11F17N2O4S/c18-10(19,12(22,23)14(26,27)16(30,31)32)11(20,21)13(24,25)15(28,29)17(33,34)41(39,40)36(7-9(37)35-38)6-8-4-2-1-3-5-8/h1-5,38H,6-7H2,(H,35,37). The van der Waals surface area contributed by atoms with E-state index in [1.807, 2.05) is 0 Å². The Morgan fingerprint density at radius 2 is 1.02 bits per heavy atom. The summed E-state index contributed by atoms with van der Waals surface area (Å²) in [6.07, 6.45) is -7.94. The second-order valence-corrected chi connectivity index (χ2v) is 9.73. The number of nitrogens with one attached hydrogen (secondary N) is 1. The fourth-order valence-electron chi connectivity index (χ4n) is 2.68. The molecule has 24 heteroatoms. The lowest BCUT2D eigenvalue weighted by Crippen LogP contribution is -2.75. The highest BCUT2D eigenvalue weighted by molar-refractivity contribution is 7.90. The number of carbonyl (C=O) groups excluding carboxylic acids is 1. The predicted octanol–water partition coefficient (Wildman–Crippen LogP) is 5.29. The average molecular weight is 662 g/mol. The minimum Gasteiger partial charge on any atom is -0.289 e. The van der Waals surface area contributed by atoms with Gasteiger partial charge in [0.05, 0.1) is 6.54 Å². The van der Waals surface area contributed by atoms with E-state index in [4.69, 9.17) is 5.21 Å². The highest BCUT2D eigenvalue weighted by atomic mass is 32.2. The van der Waals surface area contributed by atoms with Gasteiger partial charge in [-0.3, -0.25) is 10.0 Å². The fraction of sp³-hybridized carbons (Fsp3) is 0.588. The predicted molar refractivity (Wildman–Crippen MR) is 96.4 cm³/mol. The summed E-state index contributed by atoms with van der Waals surface area (Å²) in [5, 5.41) is 0.593. The van der Waals surface area contributed by atoms with Gasteiger partial charge in [0.2, 0.25) is 0 Å². The Kier molecular flexibility index (Phi) is 9.39. The molecule has 0 aliphatic carbocycles. The Morgan fingerprint density at radius 3 is 1.39 bits per heavy atom. The second kappa shape index (κ2) is 10.6. The molecule has 0 bridgehead atoms. The summed E-state index contributed by atoms with van der Waals surface area (Å²) in [5.41, 5.74) is 0.0129. The van der Waals surface area contributed by atoms with E-state index in [9.17, 15) is 87.8 Å². The quantitative estimate of drug-likeness (QED) is 0.181. The van der Waals surface area contributed by atoms with Crippen LogP contribution in [0.2, 0.25) is 0 Å². The number of rotatable bonds is 12. The SMILES string of the molecule is O=C(CN(Cc1ccccc1)S(=O)(=O)C(F)(F)C(F)(F)C(F)(F)C(F)(F)C(F)(F)C(F)(F)C(F)(F)C(F)(F)F)NO. The van der Waals surface area contributed by atoms with Gasteiger partial charge in [-0.05, 0) is 5.56 Å². The zero-order valence-corrected chi connectivity index (χ0v) is 19.6. The molecule has 0 radical (unpaired) electrons. The number of benzene rings is 1. The molecule has 1 aromatic rings. The highest BCUT2D eigenvalue weighted by Crippen LogP contribution is 2.64. The van der Waals surface area contributed by atoms with Crippen LogP contribution in [0.15, 0.2) is 30.3 Å². The van der Waals surface area contributed by atoms with Gasteiger partial charge in [-0.25, -0.2) is 13.9 Å². The molecular formula is C17H11F17N2O4S. The number of amides is 1. The molecule has 6 nitrogen and oxygen atoms in total. The largest absolute Gasteiger partial charge is 0.460 e. The van der Waals surface area contributed by atoms with E-state index in [0.29, 0.717) is 5.48 Å². The maximum Gasteiger partial charge on any atom is 0.460 e. The van der Waals surface area contributed by atoms with Gasteiger partial charge in [-0.15, -0.1) is 0 Å². The number of halogens is 17. The third kappa shape index (κ3) is 5.36. The molecule has 41 heavy (non-hydrogen) atoms. The third-order valence-electron chi connectivity index (χ3n) is 5.00. The van der Waals surface area contributed by atoms with Gasteiger partial charge in [-0.2, -0.15) is 78.9 Å². The van der Waals surface area contributed by atoms with Crippen LogP contribution in [0.1, 0.15) is 5.56 Å². The zero-order valence-electron chi connectivity index (χ0n) is 18.8. The van der Waals surface area contributed by atoms with Crippen LogP contribution in [0, 0.1) is 0 Å². The monoisotopic (exact) mass is 662 g/mol. The van der Waals surface area contributed by atoms with Crippen LogP contribution >= 0.6 is 0 Å². The first-order valence-corrected chi connectivity index (χ1v) is 11.1. The van der Waals surface area contributed by atoms with Crippen LogP contribution in [0.5, 0.6) is 0 Å². The molecule has 1 rings (SSSR count). The Bertz CT molecular complexity index is 1200. The van der Waals surface area contributed by atoms with Crippen LogP contribution < -0.4 is 5.48 Å². The van der Waals surface area contributed by atoms with E-state index in [-0.39, 0.29) is 0 Å². The van der Waals surface area contributed by atoms with Gasteiger partial charge >= 0.3 is 47.0 Å². The van der Waals surface area contributed by atoms with Crippen molar-refractivity contribution < 1.29 is 93.1 Å². The van der Waals surface area contributed by atoms with E-state index in [2.05, 4.69) is 0 Å². The summed E-state index contributed by atoms with van der Waals surface area (Å²) in [6.45, 7) is -3.93. The van der Waals surface area contributed by atoms with E-state index in [1.54, 1.807) is 0 Å². The van der Waals surface area contributed by atoms with Gasteiger partial charge in [0.1, 0.15) is 0 Å². The summed E-state index contributed by atoms with van der Waals surface area (Å²) < 4.78 is 252. The van der Waals surface area contributed by atoms with Crippen LogP contribution in [0.3, 0.4) is 0 Å². The van der Waals surface area contributed by atoms with Crippen LogP contribution in [0.25, 0.3) is 0 Å². The van der Waals surface area contributed by atoms with Crippen LogP contribution in [-0.2, 0) is 21.4 Å². The molecule has 1 amide bonds. The third-order valence-corrected chi connectivity index (χ3v) is 6.85. The van der Waals surface area contributed by atoms with Gasteiger partial charge in [0, 0.05) is 6.54 Å². The van der Waals surface area contributed by atoms with Gasteiger partial charge in [-0.1, -0.05) is 30.3 Å². The molecule has 238 valence electrons. The molecule has 0 saturated carbocycles. The van der Waals surface area contributed by atoms with E-state index in [1.165, 1.54) is 0 Å². The molecule has 0 spiro atoms. The zero-order chi connectivity index (χ0) is 32.9. The number of hydroxylamine groups is 1. The molecule has 0 atom stereocenters. The maximum atomic E-state index is 14.5. The first-order chi connectivity index (χ1) is 17.9. The second-order valence-electron chi connectivity index (χ2n) is 7.75. The van der Waals surface area contributed by atoms with E-state index in [0.717, 1.165) is 30.3 Å². The van der Waals surface area contributed by atoms with Crippen LogP contribution in [-0.4, -0.2) is 77.3 Å². The normalized spacial score (nSPS) is 15.3. The fourth-order valence-corrected chi connectivity index (χ4v) is 4.06. The summed E-state index contributed by atoms with van der Waals surface area (Å²) in [7, 11) is -7.73. The van der Waals surface area contributed by atoms with Crippen molar-refractivity contribution in [1.29, 1.82) is 0 Å². The molecule has 0 aliphatic rings. The maximum absolute atomic E-state index is 14.5. The number of hydrogen-bond donors (Lipinski definition) is 2. The number of nitrogens with zero attached hydrogens (tertiary/aromatic N) is 1. The summed E-state index contributed by atoms with van der Waals surface area (Å²) in [5.74, 6) is -54.5. The molecule has 0 fully saturated rings. The number of alkyl halides is 17. The summed E-state index contributed by atoms with van der Waals surface area (Å²) >= 11 is 0. The molecular weight excluding hydrogens is 651 g/mol. The molecule has 0 unspecified atom stereocenters. The topological polar surface area (TPSA) is 86.7 Å². The lowest BCUT2D eigenvalue weighted by molar-refractivity contribution is -0.458. The lowest BCUT2D eigenvalue weighted by atomic mass is 9.91. The number of hydrogen-bond acceptors (Lipinski definition) is 4. The molecule has 0 heterocycles. The minimum absolute atomic E-state index is 0.557. The van der Waals surface area contributed by atoms with Crippen molar-refractivity contribution >= 4 is 15.9 Å². The minimum atomic E-state index is -8.98. The van der Waals surface area contributed by atoms with Gasteiger partial charge in [0.15, 0.2) is 0 Å². The van der Waals surface area contributed by atoms with Crippen molar-refractivity contribution in [1.82, 2.24) is 9.79 Å². The molecule has 1 aromatic carbocycles. The molecule has 2 N–H and O–H groups in total.